The summed E-state index contributed by atoms with van der Waals surface area (Å²) in [5.41, 5.74) is 15.8. The van der Waals surface area contributed by atoms with Crippen molar-refractivity contribution in [3.8, 4) is 0 Å². The molecule has 0 saturated heterocycles. The smallest absolute Gasteiger partial charge is 0.329 e. The van der Waals surface area contributed by atoms with E-state index < -0.39 is 0 Å². The summed E-state index contributed by atoms with van der Waals surface area (Å²) in [5, 5.41) is 2.45. The standard InChI is InChI=1S/C31H33N5O/c1-19(2)24-9-7-11-27-30(24)22(16-34(27)5)18-35-25-13-12-23(32)14-28(25)36(31(35)37)17-21-15-33(4)26-10-6-8-20(3)29(21)26/h6-16,19H,17-18,32H2,1-5H3. The highest BCUT2D eigenvalue weighted by Crippen LogP contribution is 2.31. The summed E-state index contributed by atoms with van der Waals surface area (Å²) < 4.78 is 8.08. The van der Waals surface area contributed by atoms with E-state index in [2.05, 4.69) is 92.8 Å². The Balaban J connectivity index is 1.54. The number of benzene rings is 3. The van der Waals surface area contributed by atoms with E-state index in [0.29, 0.717) is 24.7 Å². The van der Waals surface area contributed by atoms with Gasteiger partial charge in [-0.05, 0) is 65.4 Å². The van der Waals surface area contributed by atoms with Crippen molar-refractivity contribution in [2.45, 2.75) is 39.8 Å². The summed E-state index contributed by atoms with van der Waals surface area (Å²) >= 11 is 0. The van der Waals surface area contributed by atoms with Crippen LogP contribution in [0, 0.1) is 6.92 Å². The van der Waals surface area contributed by atoms with Gasteiger partial charge in [0.1, 0.15) is 0 Å². The van der Waals surface area contributed by atoms with Crippen LogP contribution >= 0.6 is 0 Å². The van der Waals surface area contributed by atoms with Crippen LogP contribution in [0.4, 0.5) is 5.69 Å². The van der Waals surface area contributed by atoms with Gasteiger partial charge in [-0.2, -0.15) is 0 Å². The molecule has 188 valence electrons. The molecule has 0 bridgehead atoms. The molecule has 2 N–H and O–H groups in total. The summed E-state index contributed by atoms with van der Waals surface area (Å²) in [7, 11) is 4.13. The number of nitrogens with zero attached hydrogens (tertiary/aromatic N) is 4. The van der Waals surface area contributed by atoms with E-state index in [1.165, 1.54) is 32.9 Å². The third-order valence-electron chi connectivity index (χ3n) is 7.75. The topological polar surface area (TPSA) is 62.8 Å². The van der Waals surface area contributed by atoms with Crippen molar-refractivity contribution in [1.29, 1.82) is 0 Å². The minimum Gasteiger partial charge on any atom is -0.399 e. The molecule has 0 aliphatic carbocycles. The van der Waals surface area contributed by atoms with Crippen molar-refractivity contribution in [1.82, 2.24) is 18.3 Å². The molecule has 0 unspecified atom stereocenters. The van der Waals surface area contributed by atoms with Crippen LogP contribution < -0.4 is 11.4 Å². The van der Waals surface area contributed by atoms with Crippen LogP contribution in [0.25, 0.3) is 32.8 Å². The Labute approximate surface area is 216 Å². The number of anilines is 1. The quantitative estimate of drug-likeness (QED) is 0.305. The number of nitrogen functional groups attached to an aromatic ring is 1. The Morgan fingerprint density at radius 3 is 2.03 bits per heavy atom. The second kappa shape index (κ2) is 8.44. The monoisotopic (exact) mass is 491 g/mol. The zero-order valence-corrected chi connectivity index (χ0v) is 22.1. The zero-order valence-electron chi connectivity index (χ0n) is 22.1. The molecule has 37 heavy (non-hydrogen) atoms. The highest BCUT2D eigenvalue weighted by atomic mass is 16.1. The molecule has 6 aromatic rings. The highest BCUT2D eigenvalue weighted by Gasteiger charge is 2.20. The van der Waals surface area contributed by atoms with Crippen molar-refractivity contribution < 1.29 is 0 Å². The minimum atomic E-state index is -0.0229. The molecule has 6 heteroatoms. The van der Waals surface area contributed by atoms with Crippen molar-refractivity contribution >= 4 is 38.5 Å². The Morgan fingerprint density at radius 2 is 1.35 bits per heavy atom. The van der Waals surface area contributed by atoms with Crippen molar-refractivity contribution in [3.63, 3.8) is 0 Å². The fourth-order valence-corrected chi connectivity index (χ4v) is 6.00. The molecular weight excluding hydrogens is 458 g/mol. The second-order valence-corrected chi connectivity index (χ2v) is 10.6. The Bertz CT molecular complexity index is 1880. The first-order chi connectivity index (χ1) is 17.7. The lowest BCUT2D eigenvalue weighted by Crippen LogP contribution is -2.25. The molecule has 0 spiro atoms. The summed E-state index contributed by atoms with van der Waals surface area (Å²) in [6, 6.07) is 18.6. The Morgan fingerprint density at radius 1 is 0.757 bits per heavy atom. The van der Waals surface area contributed by atoms with Gasteiger partial charge < -0.3 is 14.9 Å². The molecule has 0 radical (unpaired) electrons. The number of aryl methyl sites for hydroxylation is 3. The van der Waals surface area contributed by atoms with Crippen LogP contribution in [0.3, 0.4) is 0 Å². The van der Waals surface area contributed by atoms with Gasteiger partial charge in [0, 0.05) is 54.0 Å². The lowest BCUT2D eigenvalue weighted by atomic mass is 9.97. The maximum absolute atomic E-state index is 14.1. The van der Waals surface area contributed by atoms with E-state index in [1.54, 1.807) is 0 Å². The summed E-state index contributed by atoms with van der Waals surface area (Å²) in [6.45, 7) is 7.56. The zero-order chi connectivity index (χ0) is 26.0. The number of nitrogens with two attached hydrogens (primary N) is 1. The third kappa shape index (κ3) is 3.58. The van der Waals surface area contributed by atoms with Crippen LogP contribution in [0.2, 0.25) is 0 Å². The summed E-state index contributed by atoms with van der Waals surface area (Å²) in [4.78, 5) is 14.1. The molecule has 6 rings (SSSR count). The predicted molar refractivity (Wildman–Crippen MR) is 153 cm³/mol. The molecule has 0 aliphatic rings. The Kier molecular flexibility index (Phi) is 5.30. The fraction of sp³-hybridized carbons (Fsp3) is 0.258. The van der Waals surface area contributed by atoms with Gasteiger partial charge >= 0.3 is 5.69 Å². The van der Waals surface area contributed by atoms with Crippen LogP contribution in [0.15, 0.2) is 71.8 Å². The van der Waals surface area contributed by atoms with Gasteiger partial charge in [-0.25, -0.2) is 4.79 Å². The minimum absolute atomic E-state index is 0.0229. The molecule has 3 heterocycles. The van der Waals surface area contributed by atoms with Crippen molar-refractivity contribution in [3.05, 3.63) is 99.7 Å². The van der Waals surface area contributed by atoms with E-state index in [9.17, 15) is 4.79 Å². The maximum atomic E-state index is 14.1. The predicted octanol–water partition coefficient (Wildman–Crippen LogP) is 5.90. The number of fused-ring (bicyclic) bond motifs is 3. The van der Waals surface area contributed by atoms with E-state index in [1.807, 2.05) is 27.3 Å². The van der Waals surface area contributed by atoms with E-state index in [4.69, 9.17) is 5.73 Å². The van der Waals surface area contributed by atoms with Crippen molar-refractivity contribution in [2.75, 3.05) is 5.73 Å². The number of hydrogen-bond acceptors (Lipinski definition) is 2. The van der Waals surface area contributed by atoms with Gasteiger partial charge in [-0.15, -0.1) is 0 Å². The number of aromatic nitrogens is 4. The van der Waals surface area contributed by atoms with E-state index >= 15 is 0 Å². The molecule has 0 saturated carbocycles. The van der Waals surface area contributed by atoms with Crippen LogP contribution in [0.5, 0.6) is 0 Å². The first kappa shape index (κ1) is 23.2. The van der Waals surface area contributed by atoms with Gasteiger partial charge in [-0.1, -0.05) is 38.1 Å². The molecule has 0 amide bonds. The second-order valence-electron chi connectivity index (χ2n) is 10.6. The van der Waals surface area contributed by atoms with Gasteiger partial charge in [0.05, 0.1) is 24.1 Å². The first-order valence-corrected chi connectivity index (χ1v) is 12.8. The van der Waals surface area contributed by atoms with Crippen molar-refractivity contribution in [2.24, 2.45) is 14.1 Å². The lowest BCUT2D eigenvalue weighted by Gasteiger charge is -2.10. The number of rotatable bonds is 5. The van der Waals surface area contributed by atoms with Crippen LogP contribution in [-0.4, -0.2) is 18.3 Å². The maximum Gasteiger partial charge on any atom is 0.329 e. The average Bonchev–Trinajstić information content (AvgIpc) is 3.45. The molecule has 3 aromatic heterocycles. The van der Waals surface area contributed by atoms with Gasteiger partial charge in [0.15, 0.2) is 0 Å². The Hall–Kier alpha value is -4.19. The molecule has 0 atom stereocenters. The van der Waals surface area contributed by atoms with Gasteiger partial charge in [0.25, 0.3) is 0 Å². The summed E-state index contributed by atoms with van der Waals surface area (Å²) in [5.74, 6) is 0.386. The largest absolute Gasteiger partial charge is 0.399 e. The van der Waals surface area contributed by atoms with E-state index in [0.717, 1.165) is 22.2 Å². The molecular formula is C31H33N5O. The normalized spacial score (nSPS) is 12.1. The number of imidazole rings is 1. The first-order valence-electron chi connectivity index (χ1n) is 12.8. The number of hydrogen-bond donors (Lipinski definition) is 1. The third-order valence-corrected chi connectivity index (χ3v) is 7.75. The molecule has 6 nitrogen and oxygen atoms in total. The van der Waals surface area contributed by atoms with Crippen LogP contribution in [-0.2, 0) is 27.2 Å². The lowest BCUT2D eigenvalue weighted by molar-refractivity contribution is 0.701. The van der Waals surface area contributed by atoms with Gasteiger partial charge in [-0.3, -0.25) is 9.13 Å². The van der Waals surface area contributed by atoms with E-state index in [-0.39, 0.29) is 5.69 Å². The molecule has 0 aliphatic heterocycles. The average molecular weight is 492 g/mol. The van der Waals surface area contributed by atoms with Crippen LogP contribution in [0.1, 0.15) is 42.0 Å². The highest BCUT2D eigenvalue weighted by molar-refractivity contribution is 5.89. The van der Waals surface area contributed by atoms with Gasteiger partial charge in [0.2, 0.25) is 0 Å². The fourth-order valence-electron chi connectivity index (χ4n) is 6.00. The molecule has 3 aromatic carbocycles. The molecule has 0 fully saturated rings. The SMILES string of the molecule is Cc1cccc2c1c(Cn1c(=O)n(Cc3cn(C)c4cccc(C(C)C)c34)c3ccc(N)cc31)cn2C. The summed E-state index contributed by atoms with van der Waals surface area (Å²) in [6.07, 6.45) is 4.30.